The van der Waals surface area contributed by atoms with Crippen LogP contribution in [0.3, 0.4) is 0 Å². The summed E-state index contributed by atoms with van der Waals surface area (Å²) in [5.41, 5.74) is 1.97. The summed E-state index contributed by atoms with van der Waals surface area (Å²) in [6.07, 6.45) is 1.68. The summed E-state index contributed by atoms with van der Waals surface area (Å²) in [7, 11) is 0. The van der Waals surface area contributed by atoms with E-state index >= 15 is 0 Å². The number of nitrogens with one attached hydrogen (secondary N) is 1. The number of aryl methyl sites for hydroxylation is 1. The number of benzene rings is 1. The van der Waals surface area contributed by atoms with Crippen molar-refractivity contribution in [1.82, 2.24) is 4.90 Å². The third-order valence-electron chi connectivity index (χ3n) is 4.22. The lowest BCUT2D eigenvalue weighted by Crippen LogP contribution is -2.47. The summed E-state index contributed by atoms with van der Waals surface area (Å²) in [5, 5.41) is 2.98. The zero-order valence-electron chi connectivity index (χ0n) is 12.4. The van der Waals surface area contributed by atoms with E-state index < -0.39 is 0 Å². The number of para-hydroxylation sites is 1. The molecule has 2 saturated heterocycles. The van der Waals surface area contributed by atoms with Crippen molar-refractivity contribution >= 4 is 11.6 Å². The molecule has 2 heterocycles. The third-order valence-corrected chi connectivity index (χ3v) is 4.22. The molecule has 2 aliphatic rings. The van der Waals surface area contributed by atoms with E-state index in [1.165, 1.54) is 0 Å². The number of amides is 1. The van der Waals surface area contributed by atoms with E-state index in [-0.39, 0.29) is 11.7 Å². The highest BCUT2D eigenvalue weighted by Crippen LogP contribution is 2.31. The van der Waals surface area contributed by atoms with Crippen LogP contribution in [0.5, 0.6) is 0 Å². The topological polar surface area (TPSA) is 50.8 Å². The normalized spacial score (nSPS) is 21.6. The van der Waals surface area contributed by atoms with E-state index in [9.17, 15) is 4.79 Å². The van der Waals surface area contributed by atoms with Crippen LogP contribution in [-0.2, 0) is 14.3 Å². The molecule has 0 aliphatic carbocycles. The number of rotatable bonds is 3. The molecule has 1 aromatic rings. The van der Waals surface area contributed by atoms with E-state index in [2.05, 4.69) is 10.2 Å². The summed E-state index contributed by atoms with van der Waals surface area (Å²) in [4.78, 5) is 14.3. The summed E-state index contributed by atoms with van der Waals surface area (Å²) in [5.74, 6) is -0.336. The van der Waals surface area contributed by atoms with Gasteiger partial charge in [0.05, 0.1) is 19.8 Å². The van der Waals surface area contributed by atoms with Crippen LogP contribution in [-0.4, -0.2) is 49.4 Å². The van der Waals surface area contributed by atoms with Crippen LogP contribution in [0.4, 0.5) is 5.69 Å². The maximum Gasteiger partial charge on any atom is 0.238 e. The van der Waals surface area contributed by atoms with Gasteiger partial charge in [-0.1, -0.05) is 18.2 Å². The van der Waals surface area contributed by atoms with Gasteiger partial charge in [0, 0.05) is 31.6 Å². The fourth-order valence-electron chi connectivity index (χ4n) is 2.94. The molecule has 0 atom stereocenters. The van der Waals surface area contributed by atoms with Crippen molar-refractivity contribution in [3.05, 3.63) is 29.8 Å². The molecule has 0 bridgehead atoms. The van der Waals surface area contributed by atoms with Gasteiger partial charge in [0.2, 0.25) is 5.91 Å². The second-order valence-corrected chi connectivity index (χ2v) is 5.75. The highest BCUT2D eigenvalue weighted by Gasteiger charge is 2.39. The number of anilines is 1. The molecule has 0 aromatic heterocycles. The first-order chi connectivity index (χ1) is 10.2. The molecule has 0 unspecified atom stereocenters. The van der Waals surface area contributed by atoms with Gasteiger partial charge in [-0.05, 0) is 18.6 Å². The molecular weight excluding hydrogens is 268 g/mol. The molecule has 3 rings (SSSR count). The average molecular weight is 290 g/mol. The fraction of sp³-hybridized carbons (Fsp3) is 0.562. The Morgan fingerprint density at radius 1 is 1.24 bits per heavy atom. The minimum atomic E-state index is -0.372. The minimum Gasteiger partial charge on any atom is -0.347 e. The van der Waals surface area contributed by atoms with Crippen LogP contribution in [0.15, 0.2) is 24.3 Å². The van der Waals surface area contributed by atoms with E-state index in [1.54, 1.807) is 0 Å². The maximum atomic E-state index is 12.1. The molecule has 114 valence electrons. The molecule has 1 amide bonds. The van der Waals surface area contributed by atoms with Gasteiger partial charge in [-0.2, -0.15) is 0 Å². The van der Waals surface area contributed by atoms with Crippen molar-refractivity contribution < 1.29 is 14.3 Å². The third kappa shape index (κ3) is 3.43. The summed E-state index contributed by atoms with van der Waals surface area (Å²) in [6, 6.07) is 7.83. The number of ether oxygens (including phenoxy) is 2. The SMILES string of the molecule is Cc1ccccc1NC(=O)CN1CCC2(CC1)OCCO2. The fourth-order valence-corrected chi connectivity index (χ4v) is 2.94. The quantitative estimate of drug-likeness (QED) is 0.922. The molecule has 1 spiro atoms. The van der Waals surface area contributed by atoms with Gasteiger partial charge in [-0.25, -0.2) is 0 Å². The standard InChI is InChI=1S/C16H22N2O3/c1-13-4-2-3-5-14(13)17-15(19)12-18-8-6-16(7-9-18)20-10-11-21-16/h2-5H,6-12H2,1H3,(H,17,19). The van der Waals surface area contributed by atoms with Crippen molar-refractivity contribution in [2.24, 2.45) is 0 Å². The summed E-state index contributed by atoms with van der Waals surface area (Å²) < 4.78 is 11.4. The van der Waals surface area contributed by atoms with Crippen molar-refractivity contribution in [2.45, 2.75) is 25.6 Å². The van der Waals surface area contributed by atoms with Gasteiger partial charge in [0.15, 0.2) is 5.79 Å². The van der Waals surface area contributed by atoms with Crippen LogP contribution >= 0.6 is 0 Å². The zero-order valence-corrected chi connectivity index (χ0v) is 12.4. The van der Waals surface area contributed by atoms with Crippen LogP contribution < -0.4 is 5.32 Å². The molecule has 0 radical (unpaired) electrons. The second kappa shape index (κ2) is 6.13. The van der Waals surface area contributed by atoms with Gasteiger partial charge in [0.25, 0.3) is 0 Å². The molecule has 1 aromatic carbocycles. The molecular formula is C16H22N2O3. The van der Waals surface area contributed by atoms with Gasteiger partial charge in [-0.3, -0.25) is 9.69 Å². The minimum absolute atomic E-state index is 0.0357. The Hall–Kier alpha value is -1.43. The number of carbonyl (C=O) groups excluding carboxylic acids is 1. The average Bonchev–Trinajstić information content (AvgIpc) is 2.93. The predicted molar refractivity (Wildman–Crippen MR) is 80.1 cm³/mol. The smallest absolute Gasteiger partial charge is 0.238 e. The Morgan fingerprint density at radius 3 is 2.57 bits per heavy atom. The van der Waals surface area contributed by atoms with E-state index in [4.69, 9.17) is 9.47 Å². The first-order valence-electron chi connectivity index (χ1n) is 7.53. The lowest BCUT2D eigenvalue weighted by molar-refractivity contribution is -0.185. The van der Waals surface area contributed by atoms with Crippen molar-refractivity contribution in [3.8, 4) is 0 Å². The van der Waals surface area contributed by atoms with Gasteiger partial charge in [0.1, 0.15) is 0 Å². The van der Waals surface area contributed by atoms with Crippen molar-refractivity contribution in [2.75, 3.05) is 38.2 Å². The van der Waals surface area contributed by atoms with E-state index in [0.29, 0.717) is 19.8 Å². The Balaban J connectivity index is 1.49. The molecule has 2 aliphatic heterocycles. The number of hydrogen-bond donors (Lipinski definition) is 1. The lowest BCUT2D eigenvalue weighted by atomic mass is 10.0. The van der Waals surface area contributed by atoms with Gasteiger partial charge >= 0.3 is 0 Å². The highest BCUT2D eigenvalue weighted by molar-refractivity contribution is 5.92. The maximum absolute atomic E-state index is 12.1. The Morgan fingerprint density at radius 2 is 1.90 bits per heavy atom. The first kappa shape index (κ1) is 14.5. The summed E-state index contributed by atoms with van der Waals surface area (Å²) >= 11 is 0. The van der Waals surface area contributed by atoms with Crippen LogP contribution in [0.1, 0.15) is 18.4 Å². The molecule has 5 heteroatoms. The van der Waals surface area contributed by atoms with Gasteiger partial charge in [-0.15, -0.1) is 0 Å². The highest BCUT2D eigenvalue weighted by atomic mass is 16.7. The lowest BCUT2D eigenvalue weighted by Gasteiger charge is -2.37. The monoisotopic (exact) mass is 290 g/mol. The van der Waals surface area contributed by atoms with Crippen LogP contribution in [0.25, 0.3) is 0 Å². The molecule has 2 fully saturated rings. The van der Waals surface area contributed by atoms with E-state index in [1.807, 2.05) is 31.2 Å². The molecule has 21 heavy (non-hydrogen) atoms. The molecule has 0 saturated carbocycles. The number of carbonyl (C=O) groups is 1. The molecule has 5 nitrogen and oxygen atoms in total. The molecule has 1 N–H and O–H groups in total. The predicted octanol–water partition coefficient (Wildman–Crippen LogP) is 1.77. The first-order valence-corrected chi connectivity index (χ1v) is 7.53. The zero-order chi connectivity index (χ0) is 14.7. The second-order valence-electron chi connectivity index (χ2n) is 5.75. The van der Waals surface area contributed by atoms with Crippen molar-refractivity contribution in [3.63, 3.8) is 0 Å². The Bertz CT molecular complexity index is 502. The van der Waals surface area contributed by atoms with E-state index in [0.717, 1.165) is 37.2 Å². The number of nitrogens with zero attached hydrogens (tertiary/aromatic N) is 1. The summed E-state index contributed by atoms with van der Waals surface area (Å²) in [6.45, 7) is 5.46. The van der Waals surface area contributed by atoms with Crippen LogP contribution in [0.2, 0.25) is 0 Å². The van der Waals surface area contributed by atoms with Crippen molar-refractivity contribution in [1.29, 1.82) is 0 Å². The largest absolute Gasteiger partial charge is 0.347 e. The van der Waals surface area contributed by atoms with Gasteiger partial charge < -0.3 is 14.8 Å². The Labute approximate surface area is 125 Å². The number of piperidine rings is 1. The number of likely N-dealkylation sites (tertiary alicyclic amines) is 1. The van der Waals surface area contributed by atoms with Crippen LogP contribution in [0, 0.1) is 6.92 Å². The number of hydrogen-bond acceptors (Lipinski definition) is 4. The Kier molecular flexibility index (Phi) is 4.24.